The number of fused-ring (bicyclic) bond motifs is 3. The Morgan fingerprint density at radius 3 is 2.68 bits per heavy atom. The lowest BCUT2D eigenvalue weighted by Crippen LogP contribution is -2.62. The molecule has 4 rings (SSSR count). The number of methoxy groups -OCH3 is 1. The van der Waals surface area contributed by atoms with Crippen LogP contribution in [-0.2, 0) is 0 Å². The first-order chi connectivity index (χ1) is 10.6. The number of halogens is 1. The minimum Gasteiger partial charge on any atom is -0.494 e. The van der Waals surface area contributed by atoms with Gasteiger partial charge in [-0.2, -0.15) is 0 Å². The molecule has 0 spiro atoms. The molecule has 3 saturated heterocycles. The van der Waals surface area contributed by atoms with Gasteiger partial charge in [0, 0.05) is 51.4 Å². The lowest BCUT2D eigenvalue weighted by Gasteiger charge is -2.47. The van der Waals surface area contributed by atoms with Crippen molar-refractivity contribution in [2.75, 3.05) is 51.7 Å². The lowest BCUT2D eigenvalue weighted by atomic mass is 10.1. The minimum atomic E-state index is -0.730. The molecule has 0 aliphatic carbocycles. The zero-order valence-corrected chi connectivity index (χ0v) is 12.4. The number of nitro groups is 1. The summed E-state index contributed by atoms with van der Waals surface area (Å²) in [6.45, 7) is 5.77. The van der Waals surface area contributed by atoms with Gasteiger partial charge in [0.15, 0.2) is 11.6 Å². The maximum absolute atomic E-state index is 13.6. The highest BCUT2D eigenvalue weighted by Crippen LogP contribution is 2.32. The first kappa shape index (κ1) is 15.0. The SMILES string of the molecule is COc1cc(NCC2CN3CCN2CC3)c([N+](=O)[O-])cc1F. The maximum atomic E-state index is 13.6. The second kappa shape index (κ2) is 6.05. The number of hydrogen-bond acceptors (Lipinski definition) is 6. The molecule has 1 aromatic carbocycles. The molecule has 0 radical (unpaired) electrons. The van der Waals surface area contributed by atoms with E-state index in [0.717, 1.165) is 38.8 Å². The van der Waals surface area contributed by atoms with Gasteiger partial charge in [-0.3, -0.25) is 19.9 Å². The Labute approximate surface area is 127 Å². The summed E-state index contributed by atoms with van der Waals surface area (Å²) < 4.78 is 18.5. The Morgan fingerprint density at radius 2 is 2.14 bits per heavy atom. The number of hydrogen-bond donors (Lipinski definition) is 1. The van der Waals surface area contributed by atoms with Gasteiger partial charge < -0.3 is 10.1 Å². The molecule has 22 heavy (non-hydrogen) atoms. The summed E-state index contributed by atoms with van der Waals surface area (Å²) in [6, 6.07) is 2.57. The molecule has 8 heteroatoms. The molecule has 3 aliphatic rings. The molecule has 0 aromatic heterocycles. The van der Waals surface area contributed by atoms with Crippen molar-refractivity contribution >= 4 is 11.4 Å². The van der Waals surface area contributed by atoms with E-state index in [9.17, 15) is 14.5 Å². The third-order valence-electron chi connectivity index (χ3n) is 4.39. The van der Waals surface area contributed by atoms with Crippen LogP contribution in [0.5, 0.6) is 5.75 Å². The van der Waals surface area contributed by atoms with Crippen LogP contribution in [0.2, 0.25) is 0 Å². The van der Waals surface area contributed by atoms with Crippen LogP contribution in [0.1, 0.15) is 0 Å². The summed E-state index contributed by atoms with van der Waals surface area (Å²) in [5.74, 6) is -0.728. The smallest absolute Gasteiger partial charge is 0.295 e. The van der Waals surface area contributed by atoms with Crippen LogP contribution in [-0.4, -0.2) is 67.1 Å². The Kier molecular flexibility index (Phi) is 4.12. The highest BCUT2D eigenvalue weighted by molar-refractivity contribution is 5.64. The molecule has 3 heterocycles. The van der Waals surface area contributed by atoms with E-state index >= 15 is 0 Å². The fourth-order valence-electron chi connectivity index (χ4n) is 3.14. The number of ether oxygens (including phenoxy) is 1. The summed E-state index contributed by atoms with van der Waals surface area (Å²) in [5.41, 5.74) is 0.0236. The standard InChI is InChI=1S/C14H19FN4O3/c1-22-14-7-12(13(19(20)21)6-11(14)15)16-8-10-9-17-2-4-18(10)5-3-17/h6-7,10,16H,2-5,8-9H2,1H3. The number of nitro benzene ring substituents is 1. The molecule has 1 aromatic rings. The zero-order chi connectivity index (χ0) is 15.7. The maximum Gasteiger partial charge on any atom is 0.295 e. The van der Waals surface area contributed by atoms with Crippen molar-refractivity contribution in [1.29, 1.82) is 0 Å². The summed E-state index contributed by atoms with van der Waals surface area (Å²) in [7, 11) is 1.34. The molecule has 0 amide bonds. The van der Waals surface area contributed by atoms with E-state index in [-0.39, 0.29) is 11.4 Å². The van der Waals surface area contributed by atoms with Crippen LogP contribution in [0.4, 0.5) is 15.8 Å². The first-order valence-corrected chi connectivity index (χ1v) is 7.30. The van der Waals surface area contributed by atoms with E-state index in [4.69, 9.17) is 4.74 Å². The van der Waals surface area contributed by atoms with Crippen molar-refractivity contribution in [3.63, 3.8) is 0 Å². The molecule has 2 bridgehead atoms. The number of nitrogens with zero attached hydrogens (tertiary/aromatic N) is 3. The number of rotatable bonds is 5. The minimum absolute atomic E-state index is 0.00215. The Balaban J connectivity index is 1.75. The fourth-order valence-corrected chi connectivity index (χ4v) is 3.14. The van der Waals surface area contributed by atoms with Crippen molar-refractivity contribution in [3.8, 4) is 5.75 Å². The summed E-state index contributed by atoms with van der Waals surface area (Å²) in [6.07, 6.45) is 0. The van der Waals surface area contributed by atoms with Gasteiger partial charge >= 0.3 is 0 Å². The summed E-state index contributed by atoms with van der Waals surface area (Å²) >= 11 is 0. The van der Waals surface area contributed by atoms with Crippen LogP contribution in [0.25, 0.3) is 0 Å². The van der Waals surface area contributed by atoms with E-state index in [2.05, 4.69) is 15.1 Å². The molecule has 0 saturated carbocycles. The number of piperazine rings is 3. The molecule has 1 unspecified atom stereocenters. The van der Waals surface area contributed by atoms with E-state index in [1.807, 2.05) is 0 Å². The molecular formula is C14H19FN4O3. The van der Waals surface area contributed by atoms with Crippen LogP contribution in [0.15, 0.2) is 12.1 Å². The molecule has 120 valence electrons. The van der Waals surface area contributed by atoms with Crippen LogP contribution >= 0.6 is 0 Å². The lowest BCUT2D eigenvalue weighted by molar-refractivity contribution is -0.384. The van der Waals surface area contributed by atoms with Gasteiger partial charge in [0.1, 0.15) is 5.69 Å². The van der Waals surface area contributed by atoms with Gasteiger partial charge in [-0.1, -0.05) is 0 Å². The van der Waals surface area contributed by atoms with Crippen molar-refractivity contribution in [2.45, 2.75) is 6.04 Å². The summed E-state index contributed by atoms with van der Waals surface area (Å²) in [5, 5.41) is 14.2. The molecule has 3 aliphatic heterocycles. The second-order valence-corrected chi connectivity index (χ2v) is 5.63. The van der Waals surface area contributed by atoms with Gasteiger partial charge in [0.2, 0.25) is 0 Å². The highest BCUT2D eigenvalue weighted by atomic mass is 19.1. The van der Waals surface area contributed by atoms with Gasteiger partial charge in [0.25, 0.3) is 5.69 Å². The summed E-state index contributed by atoms with van der Waals surface area (Å²) in [4.78, 5) is 15.3. The molecule has 1 atom stereocenters. The average molecular weight is 310 g/mol. The van der Waals surface area contributed by atoms with Gasteiger partial charge in [-0.25, -0.2) is 4.39 Å². The quantitative estimate of drug-likeness (QED) is 0.650. The van der Waals surface area contributed by atoms with E-state index in [1.165, 1.54) is 13.2 Å². The van der Waals surface area contributed by atoms with E-state index < -0.39 is 10.7 Å². The number of benzene rings is 1. The highest BCUT2D eigenvalue weighted by Gasteiger charge is 2.32. The zero-order valence-electron chi connectivity index (χ0n) is 12.4. The first-order valence-electron chi connectivity index (χ1n) is 7.30. The van der Waals surface area contributed by atoms with Crippen LogP contribution in [0.3, 0.4) is 0 Å². The van der Waals surface area contributed by atoms with Gasteiger partial charge in [-0.05, 0) is 0 Å². The van der Waals surface area contributed by atoms with Crippen molar-refractivity contribution in [3.05, 3.63) is 28.1 Å². The fraction of sp³-hybridized carbons (Fsp3) is 0.571. The van der Waals surface area contributed by atoms with Crippen LogP contribution in [0, 0.1) is 15.9 Å². The van der Waals surface area contributed by atoms with Gasteiger partial charge in [0.05, 0.1) is 18.1 Å². The monoisotopic (exact) mass is 310 g/mol. The third-order valence-corrected chi connectivity index (χ3v) is 4.39. The topological polar surface area (TPSA) is 70.9 Å². The normalized spacial score (nSPS) is 26.7. The second-order valence-electron chi connectivity index (χ2n) is 5.63. The third kappa shape index (κ3) is 2.84. The average Bonchev–Trinajstić information content (AvgIpc) is 2.54. The molecular weight excluding hydrogens is 291 g/mol. The molecule has 1 N–H and O–H groups in total. The molecule has 7 nitrogen and oxygen atoms in total. The largest absolute Gasteiger partial charge is 0.494 e. The predicted molar refractivity (Wildman–Crippen MR) is 79.9 cm³/mol. The van der Waals surface area contributed by atoms with Crippen molar-refractivity contribution < 1.29 is 14.1 Å². The van der Waals surface area contributed by atoms with Gasteiger partial charge in [-0.15, -0.1) is 0 Å². The Morgan fingerprint density at radius 1 is 1.41 bits per heavy atom. The van der Waals surface area contributed by atoms with E-state index in [0.29, 0.717) is 18.3 Å². The predicted octanol–water partition coefficient (Wildman–Crippen LogP) is 1.15. The van der Waals surface area contributed by atoms with Crippen LogP contribution < -0.4 is 10.1 Å². The van der Waals surface area contributed by atoms with Crippen molar-refractivity contribution in [2.24, 2.45) is 0 Å². The molecule has 3 fully saturated rings. The number of nitrogens with one attached hydrogen (secondary N) is 1. The Bertz CT molecular complexity index is 575. The number of anilines is 1. The Hall–Kier alpha value is -1.93. The van der Waals surface area contributed by atoms with Crippen molar-refractivity contribution in [1.82, 2.24) is 9.80 Å². The van der Waals surface area contributed by atoms with E-state index in [1.54, 1.807) is 0 Å².